The maximum absolute atomic E-state index is 10.6. The summed E-state index contributed by atoms with van der Waals surface area (Å²) < 4.78 is 8.47. The van der Waals surface area contributed by atoms with E-state index in [1.807, 2.05) is 11.6 Å². The van der Waals surface area contributed by atoms with Crippen LogP contribution in [0.5, 0.6) is 0 Å². The molecule has 2 rings (SSSR count). The van der Waals surface area contributed by atoms with E-state index in [0.29, 0.717) is 6.54 Å². The molecular weight excluding hydrogens is 282 g/mol. The molecule has 0 fully saturated rings. The summed E-state index contributed by atoms with van der Waals surface area (Å²) in [5.41, 5.74) is 7.67. The van der Waals surface area contributed by atoms with Crippen LogP contribution in [0.4, 0.5) is 4.79 Å². The van der Waals surface area contributed by atoms with Gasteiger partial charge in [-0.05, 0) is 6.42 Å². The van der Waals surface area contributed by atoms with Crippen molar-refractivity contribution in [3.8, 4) is 0 Å². The van der Waals surface area contributed by atoms with Gasteiger partial charge in [0.25, 0.3) is 0 Å². The number of nitrogens with zero attached hydrogens (tertiary/aromatic N) is 4. The molecule has 2 N–H and O–H groups in total. The first-order valence-corrected chi connectivity index (χ1v) is 7.01. The number of hydrogen-bond donors (Lipinski definition) is 1. The summed E-state index contributed by atoms with van der Waals surface area (Å²) >= 11 is 5.94. The first-order chi connectivity index (χ1) is 9.58. The number of carbonyl (C=O) groups excluding carboxylic acids is 1. The third-order valence-corrected chi connectivity index (χ3v) is 3.28. The maximum Gasteiger partial charge on any atom is 0.404 e. The van der Waals surface area contributed by atoms with Crippen molar-refractivity contribution in [1.29, 1.82) is 0 Å². The third-order valence-electron chi connectivity index (χ3n) is 3.04. The molecule has 0 saturated heterocycles. The van der Waals surface area contributed by atoms with Crippen LogP contribution >= 0.6 is 11.6 Å². The van der Waals surface area contributed by atoms with Gasteiger partial charge in [0.15, 0.2) is 5.65 Å². The summed E-state index contributed by atoms with van der Waals surface area (Å²) in [4.78, 5) is 15.2. The lowest BCUT2D eigenvalue weighted by atomic mass is 10.2. The van der Waals surface area contributed by atoms with Gasteiger partial charge in [-0.1, -0.05) is 13.3 Å². The predicted octanol–water partition coefficient (Wildman–Crippen LogP) is 1.56. The number of nitrogens with two attached hydrogens (primary N) is 1. The molecule has 110 valence electrons. The fraction of sp³-hybridized carbons (Fsp3) is 0.583. The van der Waals surface area contributed by atoms with E-state index in [2.05, 4.69) is 17.0 Å². The molecule has 0 aromatic carbocycles. The average Bonchev–Trinajstić information content (AvgIpc) is 2.89. The van der Waals surface area contributed by atoms with Crippen LogP contribution in [0.25, 0.3) is 11.2 Å². The summed E-state index contributed by atoms with van der Waals surface area (Å²) in [5, 5.41) is 4.48. The molecule has 0 saturated carbocycles. The number of primary amides is 1. The Morgan fingerprint density at radius 2 is 2.25 bits per heavy atom. The quantitative estimate of drug-likeness (QED) is 0.820. The number of fused-ring (bicyclic) bond motifs is 1. The molecule has 0 radical (unpaired) electrons. The number of carbonyl (C=O) groups is 1. The lowest BCUT2D eigenvalue weighted by Crippen LogP contribution is -2.18. The Kier molecular flexibility index (Phi) is 4.49. The van der Waals surface area contributed by atoms with Gasteiger partial charge >= 0.3 is 6.09 Å². The van der Waals surface area contributed by atoms with Gasteiger partial charge in [-0.15, -0.1) is 11.6 Å². The number of hydrogen-bond acceptors (Lipinski definition) is 4. The molecule has 0 bridgehead atoms. The van der Waals surface area contributed by atoms with Gasteiger partial charge in [-0.25, -0.2) is 9.78 Å². The van der Waals surface area contributed by atoms with Gasteiger partial charge in [0, 0.05) is 7.05 Å². The van der Waals surface area contributed by atoms with Crippen molar-refractivity contribution in [3.05, 3.63) is 11.5 Å². The number of alkyl halides is 1. The highest BCUT2D eigenvalue weighted by atomic mass is 35.5. The second kappa shape index (κ2) is 6.13. The number of aromatic nitrogens is 4. The second-order valence-corrected chi connectivity index (χ2v) is 4.74. The third kappa shape index (κ3) is 2.72. The number of amides is 1. The van der Waals surface area contributed by atoms with E-state index in [-0.39, 0.29) is 12.5 Å². The van der Waals surface area contributed by atoms with Gasteiger partial charge in [-0.2, -0.15) is 5.10 Å². The topological polar surface area (TPSA) is 88.0 Å². The lowest BCUT2D eigenvalue weighted by Gasteiger charge is -2.07. The van der Waals surface area contributed by atoms with E-state index >= 15 is 0 Å². The molecule has 0 aliphatic rings. The minimum absolute atomic E-state index is 0.180. The fourth-order valence-corrected chi connectivity index (χ4v) is 2.47. The van der Waals surface area contributed by atoms with E-state index < -0.39 is 6.09 Å². The second-order valence-electron chi connectivity index (χ2n) is 4.47. The Bertz CT molecular complexity index is 619. The molecule has 0 atom stereocenters. The average molecular weight is 300 g/mol. The molecule has 0 unspecified atom stereocenters. The predicted molar refractivity (Wildman–Crippen MR) is 75.6 cm³/mol. The summed E-state index contributed by atoms with van der Waals surface area (Å²) in [7, 11) is 1.87. The van der Waals surface area contributed by atoms with Crippen molar-refractivity contribution < 1.29 is 9.53 Å². The van der Waals surface area contributed by atoms with Crippen LogP contribution < -0.4 is 5.73 Å². The Morgan fingerprint density at radius 1 is 1.50 bits per heavy atom. The van der Waals surface area contributed by atoms with Crippen LogP contribution in [0.2, 0.25) is 0 Å². The van der Waals surface area contributed by atoms with Crippen molar-refractivity contribution in [3.63, 3.8) is 0 Å². The number of aryl methyl sites for hydroxylation is 2. The summed E-state index contributed by atoms with van der Waals surface area (Å²) in [5.74, 6) is 1.02. The van der Waals surface area contributed by atoms with Gasteiger partial charge in [0.1, 0.15) is 17.9 Å². The van der Waals surface area contributed by atoms with Gasteiger partial charge in [0.05, 0.1) is 18.1 Å². The van der Waals surface area contributed by atoms with E-state index in [4.69, 9.17) is 22.1 Å². The summed E-state index contributed by atoms with van der Waals surface area (Å²) in [6.45, 7) is 2.73. The molecular formula is C12H18ClN5O2. The van der Waals surface area contributed by atoms with Crippen LogP contribution in [0.1, 0.15) is 24.9 Å². The van der Waals surface area contributed by atoms with E-state index in [1.165, 1.54) is 0 Å². The number of halogens is 1. The number of rotatable bonds is 6. The summed E-state index contributed by atoms with van der Waals surface area (Å²) in [6.07, 6.45) is 1.08. The Balaban J connectivity index is 2.37. The number of imidazole rings is 1. The molecule has 7 nitrogen and oxygen atoms in total. The number of ether oxygens (including phenoxy) is 1. The van der Waals surface area contributed by atoms with Gasteiger partial charge in [0.2, 0.25) is 0 Å². The lowest BCUT2D eigenvalue weighted by molar-refractivity contribution is 0.152. The molecule has 0 aliphatic carbocycles. The largest absolute Gasteiger partial charge is 0.448 e. The minimum Gasteiger partial charge on any atom is -0.448 e. The van der Waals surface area contributed by atoms with Crippen molar-refractivity contribution >= 4 is 28.9 Å². The molecule has 2 aromatic heterocycles. The zero-order chi connectivity index (χ0) is 14.7. The van der Waals surface area contributed by atoms with E-state index in [9.17, 15) is 4.79 Å². The van der Waals surface area contributed by atoms with Crippen molar-refractivity contribution in [1.82, 2.24) is 19.3 Å². The maximum atomic E-state index is 10.6. The van der Waals surface area contributed by atoms with Crippen molar-refractivity contribution in [2.75, 3.05) is 6.61 Å². The summed E-state index contributed by atoms with van der Waals surface area (Å²) in [6, 6.07) is 0. The van der Waals surface area contributed by atoms with Gasteiger partial charge in [-0.3, -0.25) is 4.68 Å². The molecule has 0 spiro atoms. The molecule has 0 aliphatic heterocycles. The molecule has 1 amide bonds. The highest BCUT2D eigenvalue weighted by Gasteiger charge is 2.18. The molecule has 2 aromatic rings. The van der Waals surface area contributed by atoms with Crippen LogP contribution in [-0.4, -0.2) is 32.0 Å². The Hall–Kier alpha value is -1.76. The monoisotopic (exact) mass is 299 g/mol. The minimum atomic E-state index is -0.787. The smallest absolute Gasteiger partial charge is 0.404 e. The normalized spacial score (nSPS) is 11.2. The zero-order valence-corrected chi connectivity index (χ0v) is 12.4. The van der Waals surface area contributed by atoms with Crippen LogP contribution in [0.3, 0.4) is 0 Å². The van der Waals surface area contributed by atoms with Crippen molar-refractivity contribution in [2.45, 2.75) is 32.2 Å². The van der Waals surface area contributed by atoms with Crippen molar-refractivity contribution in [2.24, 2.45) is 12.8 Å². The molecule has 2 heterocycles. The Morgan fingerprint density at radius 3 is 2.85 bits per heavy atom. The standard InChI is InChI=1S/C12H18ClN5O2/c1-3-4-8-10-11(17(2)16-8)18(9(7-13)15-10)5-6-20-12(14)19/h3-7H2,1-2H3,(H2,14,19). The highest BCUT2D eigenvalue weighted by Crippen LogP contribution is 2.21. The first-order valence-electron chi connectivity index (χ1n) is 6.47. The van der Waals surface area contributed by atoms with Crippen LogP contribution in [0, 0.1) is 0 Å². The van der Waals surface area contributed by atoms with E-state index in [1.54, 1.807) is 4.68 Å². The highest BCUT2D eigenvalue weighted by molar-refractivity contribution is 6.16. The van der Waals surface area contributed by atoms with Gasteiger partial charge < -0.3 is 15.0 Å². The SMILES string of the molecule is CCCc1nn(C)c2c1nc(CCl)n2CCOC(N)=O. The first kappa shape index (κ1) is 14.6. The zero-order valence-electron chi connectivity index (χ0n) is 11.6. The van der Waals surface area contributed by atoms with Crippen LogP contribution in [0.15, 0.2) is 0 Å². The Labute approximate surface area is 121 Å². The fourth-order valence-electron chi connectivity index (χ4n) is 2.27. The molecule has 20 heavy (non-hydrogen) atoms. The molecule has 8 heteroatoms. The van der Waals surface area contributed by atoms with E-state index in [0.717, 1.165) is 35.5 Å². The van der Waals surface area contributed by atoms with Crippen LogP contribution in [-0.2, 0) is 30.6 Å².